The third kappa shape index (κ3) is 4.90. The lowest BCUT2D eigenvalue weighted by atomic mass is 10.2. The first-order valence-corrected chi connectivity index (χ1v) is 7.94. The molecule has 0 bridgehead atoms. The van der Waals surface area contributed by atoms with Crippen molar-refractivity contribution in [3.63, 3.8) is 0 Å². The zero-order chi connectivity index (χ0) is 18.6. The van der Waals surface area contributed by atoms with Crippen LogP contribution in [0.2, 0.25) is 5.02 Å². The molecule has 0 saturated heterocycles. The van der Waals surface area contributed by atoms with Gasteiger partial charge >= 0.3 is 5.97 Å². The lowest BCUT2D eigenvalue weighted by Crippen LogP contribution is -2.17. The van der Waals surface area contributed by atoms with E-state index in [1.807, 2.05) is 13.8 Å². The van der Waals surface area contributed by atoms with Crippen molar-refractivity contribution in [1.29, 1.82) is 0 Å². The lowest BCUT2D eigenvalue weighted by molar-refractivity contribution is -0.139. The minimum absolute atomic E-state index is 0.0659. The van der Waals surface area contributed by atoms with Crippen LogP contribution in [0.4, 0.5) is 5.69 Å². The van der Waals surface area contributed by atoms with Crippen molar-refractivity contribution in [3.8, 4) is 5.75 Å². The largest absolute Gasteiger partial charge is 0.482 e. The van der Waals surface area contributed by atoms with E-state index < -0.39 is 18.5 Å². The van der Waals surface area contributed by atoms with Gasteiger partial charge in [0.2, 0.25) is 0 Å². The predicted molar refractivity (Wildman–Crippen MR) is 93.4 cm³/mol. The Kier molecular flexibility index (Phi) is 5.93. The van der Waals surface area contributed by atoms with E-state index in [4.69, 9.17) is 21.4 Å². The first-order chi connectivity index (χ1) is 11.8. The number of benzene rings is 1. The molecule has 1 amide bonds. The number of hydrogen-bond donors (Lipinski definition) is 2. The number of rotatable bonds is 6. The third-order valence-corrected chi connectivity index (χ3v) is 3.58. The van der Waals surface area contributed by atoms with Crippen LogP contribution in [-0.4, -0.2) is 33.6 Å². The SMILES string of the molecule is Cc1cc(OCC(=O)O)ccc1NC(=O)c1nc(C(C)C)ncc1Cl. The summed E-state index contributed by atoms with van der Waals surface area (Å²) in [5, 5.41) is 11.5. The molecule has 2 rings (SSSR count). The number of aliphatic carboxylic acids is 1. The number of anilines is 1. The summed E-state index contributed by atoms with van der Waals surface area (Å²) in [6, 6.07) is 4.84. The number of amides is 1. The van der Waals surface area contributed by atoms with E-state index >= 15 is 0 Å². The Bertz CT molecular complexity index is 808. The van der Waals surface area contributed by atoms with Crippen molar-refractivity contribution in [2.45, 2.75) is 26.7 Å². The summed E-state index contributed by atoms with van der Waals surface area (Å²) in [7, 11) is 0. The van der Waals surface area contributed by atoms with Gasteiger partial charge in [-0.15, -0.1) is 0 Å². The first-order valence-electron chi connectivity index (χ1n) is 7.57. The number of nitrogens with one attached hydrogen (secondary N) is 1. The van der Waals surface area contributed by atoms with Crippen LogP contribution in [0.15, 0.2) is 24.4 Å². The van der Waals surface area contributed by atoms with Gasteiger partial charge < -0.3 is 15.2 Å². The molecule has 7 nitrogen and oxygen atoms in total. The number of halogens is 1. The van der Waals surface area contributed by atoms with Gasteiger partial charge in [0, 0.05) is 11.6 Å². The summed E-state index contributed by atoms with van der Waals surface area (Å²) in [6.07, 6.45) is 1.41. The third-order valence-electron chi connectivity index (χ3n) is 3.30. The molecule has 2 aromatic rings. The number of hydrogen-bond acceptors (Lipinski definition) is 5. The summed E-state index contributed by atoms with van der Waals surface area (Å²) in [5.41, 5.74) is 1.37. The van der Waals surface area contributed by atoms with E-state index in [1.165, 1.54) is 6.20 Å². The highest BCUT2D eigenvalue weighted by Gasteiger charge is 2.16. The van der Waals surface area contributed by atoms with Gasteiger partial charge in [0.15, 0.2) is 12.3 Å². The quantitative estimate of drug-likeness (QED) is 0.816. The van der Waals surface area contributed by atoms with Crippen molar-refractivity contribution < 1.29 is 19.4 Å². The summed E-state index contributed by atoms with van der Waals surface area (Å²) in [4.78, 5) is 31.3. The Morgan fingerprint density at radius 2 is 2.08 bits per heavy atom. The van der Waals surface area contributed by atoms with Crippen LogP contribution in [0.5, 0.6) is 5.75 Å². The fourth-order valence-electron chi connectivity index (χ4n) is 2.01. The van der Waals surface area contributed by atoms with Crippen molar-refractivity contribution in [3.05, 3.63) is 46.5 Å². The number of aromatic nitrogens is 2. The van der Waals surface area contributed by atoms with Crippen molar-refractivity contribution in [2.24, 2.45) is 0 Å². The van der Waals surface area contributed by atoms with E-state index in [0.29, 0.717) is 22.8 Å². The van der Waals surface area contributed by atoms with Crippen LogP contribution in [-0.2, 0) is 4.79 Å². The smallest absolute Gasteiger partial charge is 0.341 e. The normalized spacial score (nSPS) is 10.6. The number of carboxylic acids is 1. The fourth-order valence-corrected chi connectivity index (χ4v) is 2.19. The maximum atomic E-state index is 12.5. The predicted octanol–water partition coefficient (Wildman–Crippen LogP) is 3.28. The molecule has 0 unspecified atom stereocenters. The molecule has 0 atom stereocenters. The Hall–Kier alpha value is -2.67. The van der Waals surface area contributed by atoms with Crippen molar-refractivity contribution >= 4 is 29.2 Å². The van der Waals surface area contributed by atoms with E-state index in [1.54, 1.807) is 25.1 Å². The minimum atomic E-state index is -1.06. The molecule has 0 radical (unpaired) electrons. The van der Waals surface area contributed by atoms with Gasteiger partial charge in [-0.25, -0.2) is 14.8 Å². The molecule has 1 aromatic carbocycles. The molecule has 0 aliphatic carbocycles. The second-order valence-corrected chi connectivity index (χ2v) is 6.10. The highest BCUT2D eigenvalue weighted by molar-refractivity contribution is 6.33. The van der Waals surface area contributed by atoms with Crippen LogP contribution < -0.4 is 10.1 Å². The molecule has 1 heterocycles. The number of carboxylic acid groups (broad SMARTS) is 1. The van der Waals surface area contributed by atoms with E-state index in [9.17, 15) is 9.59 Å². The second kappa shape index (κ2) is 7.94. The zero-order valence-electron chi connectivity index (χ0n) is 14.0. The summed E-state index contributed by atoms with van der Waals surface area (Å²) in [5.74, 6) is -0.508. The molecular formula is C17H18ClN3O4. The summed E-state index contributed by atoms with van der Waals surface area (Å²) >= 11 is 6.04. The lowest BCUT2D eigenvalue weighted by Gasteiger charge is -2.12. The molecule has 0 fully saturated rings. The maximum absolute atomic E-state index is 12.5. The molecule has 8 heteroatoms. The monoisotopic (exact) mass is 363 g/mol. The second-order valence-electron chi connectivity index (χ2n) is 5.69. The average molecular weight is 364 g/mol. The number of ether oxygens (including phenoxy) is 1. The highest BCUT2D eigenvalue weighted by atomic mass is 35.5. The molecule has 132 valence electrons. The molecular weight excluding hydrogens is 346 g/mol. The number of carbonyl (C=O) groups is 2. The highest BCUT2D eigenvalue weighted by Crippen LogP contribution is 2.23. The number of carbonyl (C=O) groups excluding carboxylic acids is 1. The Morgan fingerprint density at radius 3 is 2.68 bits per heavy atom. The standard InChI is InChI=1S/C17H18ClN3O4/c1-9(2)16-19-7-12(18)15(21-16)17(24)20-13-5-4-11(6-10(13)3)25-8-14(22)23/h4-7,9H,8H2,1-3H3,(H,20,24)(H,22,23). The van der Waals surface area contributed by atoms with Gasteiger partial charge in [0.25, 0.3) is 5.91 Å². The van der Waals surface area contributed by atoms with Gasteiger partial charge in [-0.3, -0.25) is 4.79 Å². The zero-order valence-corrected chi connectivity index (χ0v) is 14.8. The van der Waals surface area contributed by atoms with Crippen LogP contribution in [0.1, 0.15) is 41.6 Å². The van der Waals surface area contributed by atoms with E-state index in [0.717, 1.165) is 0 Å². The van der Waals surface area contributed by atoms with Crippen LogP contribution in [0.3, 0.4) is 0 Å². The topological polar surface area (TPSA) is 101 Å². The van der Waals surface area contributed by atoms with Crippen molar-refractivity contribution in [1.82, 2.24) is 9.97 Å². The van der Waals surface area contributed by atoms with Crippen LogP contribution >= 0.6 is 11.6 Å². The van der Waals surface area contributed by atoms with Gasteiger partial charge in [-0.05, 0) is 30.7 Å². The van der Waals surface area contributed by atoms with Gasteiger partial charge in [0.1, 0.15) is 11.6 Å². The Morgan fingerprint density at radius 1 is 1.36 bits per heavy atom. The molecule has 0 saturated carbocycles. The first kappa shape index (κ1) is 18.7. The fraction of sp³-hybridized carbons (Fsp3) is 0.294. The number of aryl methyl sites for hydroxylation is 1. The van der Waals surface area contributed by atoms with Gasteiger partial charge in [-0.2, -0.15) is 0 Å². The van der Waals surface area contributed by atoms with Crippen molar-refractivity contribution in [2.75, 3.05) is 11.9 Å². The van der Waals surface area contributed by atoms with E-state index in [2.05, 4.69) is 15.3 Å². The molecule has 25 heavy (non-hydrogen) atoms. The molecule has 1 aromatic heterocycles. The molecule has 0 aliphatic heterocycles. The Labute approximate surface area is 150 Å². The minimum Gasteiger partial charge on any atom is -0.482 e. The summed E-state index contributed by atoms with van der Waals surface area (Å²) < 4.78 is 5.10. The average Bonchev–Trinajstić information content (AvgIpc) is 2.55. The van der Waals surface area contributed by atoms with Crippen LogP contribution in [0.25, 0.3) is 0 Å². The maximum Gasteiger partial charge on any atom is 0.341 e. The molecule has 0 spiro atoms. The molecule has 2 N–H and O–H groups in total. The Balaban J connectivity index is 2.18. The van der Waals surface area contributed by atoms with Gasteiger partial charge in [-0.1, -0.05) is 25.4 Å². The number of nitrogens with zero attached hydrogens (tertiary/aromatic N) is 2. The van der Waals surface area contributed by atoms with Crippen LogP contribution in [0, 0.1) is 6.92 Å². The molecule has 0 aliphatic rings. The summed E-state index contributed by atoms with van der Waals surface area (Å²) in [6.45, 7) is 5.18. The van der Waals surface area contributed by atoms with E-state index in [-0.39, 0.29) is 16.6 Å². The van der Waals surface area contributed by atoms with Gasteiger partial charge in [0.05, 0.1) is 11.2 Å².